The van der Waals surface area contributed by atoms with Gasteiger partial charge in [0.05, 0.1) is 11.1 Å². The number of alkyl halides is 3. The van der Waals surface area contributed by atoms with Gasteiger partial charge in [0.1, 0.15) is 5.75 Å². The average molecular weight is 470 g/mol. The number of carbonyl (C=O) groups is 2. The summed E-state index contributed by atoms with van der Waals surface area (Å²) in [5.74, 6) is -0.784. The molecule has 0 aliphatic heterocycles. The number of carboxylic acid groups (broad SMARTS) is 1. The van der Waals surface area contributed by atoms with E-state index in [1.54, 1.807) is 38.1 Å². The van der Waals surface area contributed by atoms with Gasteiger partial charge in [0.25, 0.3) is 5.91 Å². The fourth-order valence-corrected chi connectivity index (χ4v) is 3.17. The molecule has 0 aliphatic carbocycles. The first-order valence-corrected chi connectivity index (χ1v) is 10.2. The lowest BCUT2D eigenvalue weighted by molar-refractivity contribution is -0.137. The lowest BCUT2D eigenvalue weighted by Gasteiger charge is -2.10. The number of carbonyl (C=O) groups excluding carboxylic acids is 1. The predicted octanol–water partition coefficient (Wildman–Crippen LogP) is 6.41. The number of rotatable bonds is 7. The van der Waals surface area contributed by atoms with E-state index in [1.165, 1.54) is 30.5 Å². The zero-order valence-electron chi connectivity index (χ0n) is 18.3. The van der Waals surface area contributed by atoms with Gasteiger partial charge in [-0.2, -0.15) is 13.2 Å². The number of hydrogen-bond donors (Lipinski definition) is 2. The Morgan fingerprint density at radius 1 is 0.971 bits per heavy atom. The van der Waals surface area contributed by atoms with Crippen LogP contribution in [0, 0.1) is 0 Å². The van der Waals surface area contributed by atoms with Gasteiger partial charge in [-0.05, 0) is 66.9 Å². The van der Waals surface area contributed by atoms with E-state index in [0.29, 0.717) is 23.3 Å². The molecule has 1 heterocycles. The molecule has 0 bridgehead atoms. The molecule has 0 saturated heterocycles. The van der Waals surface area contributed by atoms with Crippen LogP contribution < -0.4 is 10.1 Å². The first kappa shape index (κ1) is 24.5. The number of hydrogen-bond acceptors (Lipinski definition) is 4. The van der Waals surface area contributed by atoms with E-state index >= 15 is 0 Å². The third kappa shape index (κ3) is 6.00. The van der Waals surface area contributed by atoms with Crippen LogP contribution in [-0.2, 0) is 11.0 Å². The van der Waals surface area contributed by atoms with E-state index in [-0.39, 0.29) is 17.1 Å². The molecular weight excluding hydrogens is 449 g/mol. The molecule has 9 heteroatoms. The maximum Gasteiger partial charge on any atom is 0.416 e. The van der Waals surface area contributed by atoms with Gasteiger partial charge in [-0.15, -0.1) is 0 Å². The number of nitrogens with zero attached hydrogens (tertiary/aromatic N) is 1. The van der Waals surface area contributed by atoms with Crippen LogP contribution in [0.5, 0.6) is 11.6 Å². The Morgan fingerprint density at radius 2 is 1.59 bits per heavy atom. The van der Waals surface area contributed by atoms with Crippen LogP contribution in [0.3, 0.4) is 0 Å². The number of nitrogens with one attached hydrogen (secondary N) is 1. The quantitative estimate of drug-likeness (QED) is 0.390. The van der Waals surface area contributed by atoms with Crippen molar-refractivity contribution in [3.63, 3.8) is 0 Å². The summed E-state index contributed by atoms with van der Waals surface area (Å²) in [5.41, 5.74) is 1.38. The number of ether oxygens (including phenoxy) is 1. The highest BCUT2D eigenvalue weighted by Crippen LogP contribution is 2.30. The molecule has 2 aromatic carbocycles. The minimum Gasteiger partial charge on any atom is -0.478 e. The van der Waals surface area contributed by atoms with Crippen molar-refractivity contribution in [1.29, 1.82) is 0 Å². The first-order valence-electron chi connectivity index (χ1n) is 10.2. The van der Waals surface area contributed by atoms with Crippen molar-refractivity contribution in [3.8, 4) is 11.6 Å². The third-order valence-corrected chi connectivity index (χ3v) is 5.04. The third-order valence-electron chi connectivity index (χ3n) is 5.04. The molecule has 3 aromatic rings. The summed E-state index contributed by atoms with van der Waals surface area (Å²) in [6, 6.07) is 13.9. The van der Waals surface area contributed by atoms with Crippen molar-refractivity contribution >= 4 is 23.1 Å². The second kappa shape index (κ2) is 10.2. The van der Waals surface area contributed by atoms with Crippen LogP contribution in [0.2, 0.25) is 0 Å². The number of carboxylic acids is 1. The van der Waals surface area contributed by atoms with Crippen LogP contribution in [0.15, 0.2) is 72.4 Å². The fraction of sp³-hybridized carbons (Fsp3) is 0.160. The molecule has 6 nitrogen and oxygen atoms in total. The Morgan fingerprint density at radius 3 is 2.09 bits per heavy atom. The summed E-state index contributed by atoms with van der Waals surface area (Å²) < 4.78 is 43.6. The minimum absolute atomic E-state index is 0.198. The standard InChI is InChI=1S/C25H21F3N2O4/c1-3-21(24(32)33)15(2)16-4-11-20(12-5-16)34-22-13-6-17(14-29-22)23(31)30-19-9-7-18(8-10-19)25(26,27)28/h4-14H,3H2,1-2H3,(H,30,31)(H,32,33). The van der Waals surface area contributed by atoms with Gasteiger partial charge in [0, 0.05) is 23.5 Å². The number of anilines is 1. The maximum absolute atomic E-state index is 12.6. The zero-order chi connectivity index (χ0) is 24.9. The fourth-order valence-electron chi connectivity index (χ4n) is 3.17. The first-order chi connectivity index (χ1) is 16.1. The molecule has 176 valence electrons. The van der Waals surface area contributed by atoms with Gasteiger partial charge >= 0.3 is 12.1 Å². The number of amides is 1. The van der Waals surface area contributed by atoms with Gasteiger partial charge in [0.2, 0.25) is 5.88 Å². The van der Waals surface area contributed by atoms with Gasteiger partial charge in [0.15, 0.2) is 0 Å². The monoisotopic (exact) mass is 470 g/mol. The van der Waals surface area contributed by atoms with Gasteiger partial charge in [-0.3, -0.25) is 4.79 Å². The van der Waals surface area contributed by atoms with Gasteiger partial charge < -0.3 is 15.2 Å². The van der Waals surface area contributed by atoms with Crippen molar-refractivity contribution in [3.05, 3.63) is 89.1 Å². The SMILES string of the molecule is CCC(C(=O)O)=C(C)c1ccc(Oc2ccc(C(=O)Nc3ccc(C(F)(F)F)cc3)cn2)cc1. The van der Waals surface area contributed by atoms with E-state index in [0.717, 1.165) is 17.7 Å². The number of pyridine rings is 1. The van der Waals surface area contributed by atoms with Crippen molar-refractivity contribution in [1.82, 2.24) is 4.98 Å². The lowest BCUT2D eigenvalue weighted by Crippen LogP contribution is -2.12. The smallest absolute Gasteiger partial charge is 0.416 e. The molecule has 0 unspecified atom stereocenters. The largest absolute Gasteiger partial charge is 0.478 e. The highest BCUT2D eigenvalue weighted by Gasteiger charge is 2.30. The molecular formula is C25H21F3N2O4. The summed E-state index contributed by atoms with van der Waals surface area (Å²) in [4.78, 5) is 27.7. The molecule has 3 rings (SSSR count). The van der Waals surface area contributed by atoms with Crippen molar-refractivity contribution in [2.45, 2.75) is 26.4 Å². The molecule has 0 radical (unpaired) electrons. The minimum atomic E-state index is -4.45. The second-order valence-electron chi connectivity index (χ2n) is 7.30. The number of aromatic nitrogens is 1. The van der Waals surface area contributed by atoms with E-state index in [4.69, 9.17) is 4.74 Å². The highest BCUT2D eigenvalue weighted by atomic mass is 19.4. The maximum atomic E-state index is 12.6. The van der Waals surface area contributed by atoms with E-state index in [9.17, 15) is 27.9 Å². The normalized spacial score (nSPS) is 12.0. The Kier molecular flexibility index (Phi) is 7.35. The Hall–Kier alpha value is -4.14. The van der Waals surface area contributed by atoms with Crippen LogP contribution in [-0.4, -0.2) is 22.0 Å². The Bertz CT molecular complexity index is 1200. The zero-order valence-corrected chi connectivity index (χ0v) is 18.3. The summed E-state index contributed by atoms with van der Waals surface area (Å²) >= 11 is 0. The molecule has 0 fully saturated rings. The van der Waals surface area contributed by atoms with Crippen LogP contribution in [0.4, 0.5) is 18.9 Å². The van der Waals surface area contributed by atoms with Gasteiger partial charge in [-0.25, -0.2) is 9.78 Å². The van der Waals surface area contributed by atoms with Crippen LogP contribution in [0.25, 0.3) is 5.57 Å². The van der Waals surface area contributed by atoms with Crippen LogP contribution in [0.1, 0.15) is 41.8 Å². The van der Waals surface area contributed by atoms with Crippen molar-refractivity contribution < 1.29 is 32.6 Å². The highest BCUT2D eigenvalue weighted by molar-refractivity contribution is 6.04. The van der Waals surface area contributed by atoms with Crippen molar-refractivity contribution in [2.75, 3.05) is 5.32 Å². The Balaban J connectivity index is 1.64. The number of allylic oxidation sites excluding steroid dienone is 1. The number of benzene rings is 2. The molecule has 1 amide bonds. The summed E-state index contributed by atoms with van der Waals surface area (Å²) in [5, 5.41) is 11.8. The summed E-state index contributed by atoms with van der Waals surface area (Å²) in [7, 11) is 0. The molecule has 0 atom stereocenters. The van der Waals surface area contributed by atoms with E-state index in [2.05, 4.69) is 10.3 Å². The summed E-state index contributed by atoms with van der Waals surface area (Å²) in [6.45, 7) is 3.53. The second-order valence-corrected chi connectivity index (χ2v) is 7.30. The Labute approximate surface area is 193 Å². The molecule has 0 saturated carbocycles. The average Bonchev–Trinajstić information content (AvgIpc) is 2.80. The topological polar surface area (TPSA) is 88.5 Å². The van der Waals surface area contributed by atoms with E-state index in [1.807, 2.05) is 0 Å². The van der Waals surface area contributed by atoms with Crippen molar-refractivity contribution in [2.24, 2.45) is 0 Å². The number of halogens is 3. The molecule has 1 aromatic heterocycles. The lowest BCUT2D eigenvalue weighted by atomic mass is 10.00. The molecule has 34 heavy (non-hydrogen) atoms. The molecule has 0 spiro atoms. The van der Waals surface area contributed by atoms with Crippen LogP contribution >= 0.6 is 0 Å². The summed E-state index contributed by atoms with van der Waals surface area (Å²) in [6.07, 6.45) is -2.76. The number of aliphatic carboxylic acids is 1. The molecule has 2 N–H and O–H groups in total. The van der Waals surface area contributed by atoms with E-state index < -0.39 is 23.6 Å². The predicted molar refractivity (Wildman–Crippen MR) is 121 cm³/mol. The van der Waals surface area contributed by atoms with Gasteiger partial charge in [-0.1, -0.05) is 19.1 Å². The molecule has 0 aliphatic rings.